The van der Waals surface area contributed by atoms with Gasteiger partial charge in [-0.05, 0) is 44.4 Å². The zero-order valence-corrected chi connectivity index (χ0v) is 17.8. The van der Waals surface area contributed by atoms with E-state index in [-0.39, 0.29) is 11.9 Å². The van der Waals surface area contributed by atoms with E-state index in [1.165, 1.54) is 0 Å². The molecule has 2 atom stereocenters. The summed E-state index contributed by atoms with van der Waals surface area (Å²) in [5.41, 5.74) is 0.540. The second-order valence-electron chi connectivity index (χ2n) is 8.27. The molecule has 5 nitrogen and oxygen atoms in total. The van der Waals surface area contributed by atoms with Gasteiger partial charge in [-0.3, -0.25) is 4.79 Å². The van der Waals surface area contributed by atoms with Crippen molar-refractivity contribution in [1.29, 1.82) is 0 Å². The minimum absolute atomic E-state index is 0.160. The van der Waals surface area contributed by atoms with Crippen LogP contribution in [0.25, 0.3) is 10.8 Å². The van der Waals surface area contributed by atoms with Gasteiger partial charge in [0.2, 0.25) is 0 Å². The summed E-state index contributed by atoms with van der Waals surface area (Å²) in [6.07, 6.45) is 0.0300. The van der Waals surface area contributed by atoms with Crippen LogP contribution in [0.4, 0.5) is 0 Å². The normalized spacial score (nSPS) is 18.1. The minimum atomic E-state index is -0.636. The fourth-order valence-electron chi connectivity index (χ4n) is 3.92. The molecule has 3 aromatic carbocycles. The molecule has 5 heteroatoms. The van der Waals surface area contributed by atoms with E-state index in [4.69, 9.17) is 14.2 Å². The number of amides is 1. The zero-order chi connectivity index (χ0) is 21.3. The highest BCUT2D eigenvalue weighted by atomic mass is 16.5. The molecule has 4 rings (SSSR count). The average Bonchev–Trinajstić information content (AvgIpc) is 2.72. The van der Waals surface area contributed by atoms with Crippen LogP contribution in [0.15, 0.2) is 60.7 Å². The van der Waals surface area contributed by atoms with E-state index in [0.717, 1.165) is 27.8 Å². The topological polar surface area (TPSA) is 56.8 Å². The lowest BCUT2D eigenvalue weighted by Crippen LogP contribution is -2.44. The van der Waals surface area contributed by atoms with Crippen LogP contribution in [0.5, 0.6) is 17.2 Å². The van der Waals surface area contributed by atoms with Crippen molar-refractivity contribution >= 4 is 16.7 Å². The van der Waals surface area contributed by atoms with Crippen molar-refractivity contribution < 1.29 is 19.0 Å². The van der Waals surface area contributed by atoms with E-state index >= 15 is 0 Å². The van der Waals surface area contributed by atoms with Crippen molar-refractivity contribution in [2.75, 3.05) is 7.11 Å². The predicted molar refractivity (Wildman–Crippen MR) is 117 cm³/mol. The number of rotatable bonds is 5. The molecular formula is C25H27NO4. The number of methoxy groups -OCH3 is 1. The predicted octanol–water partition coefficient (Wildman–Crippen LogP) is 5.03. The third-order valence-electron chi connectivity index (χ3n) is 5.42. The largest absolute Gasteiger partial charge is 0.497 e. The second kappa shape index (κ2) is 7.90. The van der Waals surface area contributed by atoms with Crippen molar-refractivity contribution in [3.63, 3.8) is 0 Å². The highest BCUT2D eigenvalue weighted by molar-refractivity contribution is 5.89. The van der Waals surface area contributed by atoms with Crippen LogP contribution in [0.2, 0.25) is 0 Å². The molecule has 3 aromatic rings. The Labute approximate surface area is 177 Å². The highest BCUT2D eigenvalue weighted by Crippen LogP contribution is 2.41. The summed E-state index contributed by atoms with van der Waals surface area (Å²) in [5.74, 6) is 2.00. The molecule has 0 unspecified atom stereocenters. The number of carbonyl (C=O) groups is 1. The van der Waals surface area contributed by atoms with E-state index < -0.39 is 11.7 Å². The lowest BCUT2D eigenvalue weighted by atomic mass is 9.89. The third kappa shape index (κ3) is 4.06. The lowest BCUT2D eigenvalue weighted by Gasteiger charge is -2.38. The molecule has 0 fully saturated rings. The number of carbonyl (C=O) groups excluding carboxylic acids is 1. The fourth-order valence-corrected chi connectivity index (χ4v) is 3.92. The molecule has 0 spiro atoms. The smallest absolute Gasteiger partial charge is 0.261 e. The van der Waals surface area contributed by atoms with Gasteiger partial charge in [-0.1, -0.05) is 36.4 Å². The van der Waals surface area contributed by atoms with E-state index in [0.29, 0.717) is 12.2 Å². The Bertz CT molecular complexity index is 1070. The van der Waals surface area contributed by atoms with E-state index in [2.05, 4.69) is 5.32 Å². The molecule has 1 aliphatic rings. The number of nitrogens with one attached hydrogen (secondary N) is 1. The van der Waals surface area contributed by atoms with Gasteiger partial charge in [0.05, 0.1) is 13.2 Å². The van der Waals surface area contributed by atoms with Crippen LogP contribution in [0, 0.1) is 0 Å². The van der Waals surface area contributed by atoms with Crippen LogP contribution >= 0.6 is 0 Å². The Morgan fingerprint density at radius 3 is 2.70 bits per heavy atom. The molecule has 0 saturated carbocycles. The number of hydrogen-bond donors (Lipinski definition) is 1. The maximum atomic E-state index is 13.0. The Morgan fingerprint density at radius 1 is 1.13 bits per heavy atom. The minimum Gasteiger partial charge on any atom is -0.497 e. The Balaban J connectivity index is 1.53. The third-order valence-corrected chi connectivity index (χ3v) is 5.42. The van der Waals surface area contributed by atoms with Gasteiger partial charge in [0.15, 0.2) is 6.10 Å². The number of hydrogen-bond acceptors (Lipinski definition) is 4. The van der Waals surface area contributed by atoms with Crippen LogP contribution < -0.4 is 19.5 Å². The second-order valence-corrected chi connectivity index (χ2v) is 8.27. The molecule has 0 bridgehead atoms. The SMILES string of the molecule is COc1ccc2c(c1)OC(C)(C)C[C@@H]2NC(=O)[C@H](C)Oc1cccc2ccccc12. The van der Waals surface area contributed by atoms with Gasteiger partial charge in [0.25, 0.3) is 5.91 Å². The summed E-state index contributed by atoms with van der Waals surface area (Å²) < 4.78 is 17.5. The Kier molecular flexibility index (Phi) is 5.29. The van der Waals surface area contributed by atoms with Gasteiger partial charge < -0.3 is 19.5 Å². The number of benzene rings is 3. The zero-order valence-electron chi connectivity index (χ0n) is 17.8. The van der Waals surface area contributed by atoms with Crippen LogP contribution in [-0.4, -0.2) is 24.7 Å². The van der Waals surface area contributed by atoms with Crippen molar-refractivity contribution in [3.05, 3.63) is 66.2 Å². The van der Waals surface area contributed by atoms with E-state index in [1.807, 2.05) is 74.5 Å². The maximum absolute atomic E-state index is 13.0. The van der Waals surface area contributed by atoms with E-state index in [9.17, 15) is 4.79 Å². The van der Waals surface area contributed by atoms with E-state index in [1.54, 1.807) is 14.0 Å². The van der Waals surface area contributed by atoms with Crippen molar-refractivity contribution in [2.45, 2.75) is 44.9 Å². The molecule has 0 radical (unpaired) electrons. The summed E-state index contributed by atoms with van der Waals surface area (Å²) in [6.45, 7) is 5.81. The molecule has 156 valence electrons. The van der Waals surface area contributed by atoms with Gasteiger partial charge in [-0.15, -0.1) is 0 Å². The summed E-state index contributed by atoms with van der Waals surface area (Å²) in [6, 6.07) is 19.4. The first kappa shape index (κ1) is 20.1. The Morgan fingerprint density at radius 2 is 1.90 bits per heavy atom. The molecule has 1 amide bonds. The van der Waals surface area contributed by atoms with Crippen molar-refractivity contribution in [3.8, 4) is 17.2 Å². The van der Waals surface area contributed by atoms with Gasteiger partial charge >= 0.3 is 0 Å². The van der Waals surface area contributed by atoms with Crippen LogP contribution in [0.1, 0.15) is 38.8 Å². The highest BCUT2D eigenvalue weighted by Gasteiger charge is 2.35. The molecular weight excluding hydrogens is 378 g/mol. The van der Waals surface area contributed by atoms with Crippen LogP contribution in [0.3, 0.4) is 0 Å². The van der Waals surface area contributed by atoms with Gasteiger partial charge in [-0.2, -0.15) is 0 Å². The lowest BCUT2D eigenvalue weighted by molar-refractivity contribution is -0.128. The summed E-state index contributed by atoms with van der Waals surface area (Å²) in [5, 5.41) is 5.22. The van der Waals surface area contributed by atoms with Gasteiger partial charge in [-0.25, -0.2) is 0 Å². The molecule has 30 heavy (non-hydrogen) atoms. The van der Waals surface area contributed by atoms with Gasteiger partial charge in [0.1, 0.15) is 22.8 Å². The average molecular weight is 405 g/mol. The maximum Gasteiger partial charge on any atom is 0.261 e. The molecule has 1 heterocycles. The first-order valence-electron chi connectivity index (χ1n) is 10.2. The van der Waals surface area contributed by atoms with Crippen molar-refractivity contribution in [2.24, 2.45) is 0 Å². The molecule has 1 aliphatic heterocycles. The standard InChI is InChI=1S/C25H27NO4/c1-16(29-22-11-7-9-17-8-5-6-10-19(17)22)24(27)26-21-15-25(2,3)30-23-14-18(28-4)12-13-20(21)23/h5-14,16,21H,15H2,1-4H3,(H,26,27)/t16-,21-/m0/s1. The summed E-state index contributed by atoms with van der Waals surface area (Å²) in [7, 11) is 1.63. The van der Waals surface area contributed by atoms with Crippen LogP contribution in [-0.2, 0) is 4.79 Å². The Hall–Kier alpha value is -3.21. The molecule has 1 N–H and O–H groups in total. The summed E-state index contributed by atoms with van der Waals surface area (Å²) >= 11 is 0. The first-order valence-corrected chi connectivity index (χ1v) is 10.2. The van der Waals surface area contributed by atoms with Gasteiger partial charge in [0, 0.05) is 23.4 Å². The molecule has 0 aliphatic carbocycles. The monoisotopic (exact) mass is 405 g/mol. The summed E-state index contributed by atoms with van der Waals surface area (Å²) in [4.78, 5) is 13.0. The van der Waals surface area contributed by atoms with Crippen molar-refractivity contribution in [1.82, 2.24) is 5.32 Å². The number of ether oxygens (including phenoxy) is 3. The first-order chi connectivity index (χ1) is 14.4. The number of fused-ring (bicyclic) bond motifs is 2. The molecule has 0 saturated heterocycles. The fraction of sp³-hybridized carbons (Fsp3) is 0.320. The quantitative estimate of drug-likeness (QED) is 0.647. The molecule has 0 aromatic heterocycles.